The summed E-state index contributed by atoms with van der Waals surface area (Å²) in [6.07, 6.45) is 10.3. The van der Waals surface area contributed by atoms with Gasteiger partial charge in [0.25, 0.3) is 0 Å². The maximum absolute atomic E-state index is 10.2. The van der Waals surface area contributed by atoms with Crippen molar-refractivity contribution in [3.63, 3.8) is 0 Å². The SMILES string of the molecule is CCC[C@H](CC)[C@H]1CC[C@H]2[C@@H](O)CCC[C@]12C. The third-order valence-electron chi connectivity index (χ3n) is 5.92. The molecule has 0 saturated heterocycles. The molecule has 1 nitrogen and oxygen atoms in total. The van der Waals surface area contributed by atoms with Crippen LogP contribution in [-0.2, 0) is 0 Å². The second-order valence-electron chi connectivity index (χ2n) is 6.71. The van der Waals surface area contributed by atoms with Crippen LogP contribution in [0.25, 0.3) is 0 Å². The maximum atomic E-state index is 10.2. The fourth-order valence-corrected chi connectivity index (χ4v) is 5.02. The molecule has 2 saturated carbocycles. The number of hydrogen-bond donors (Lipinski definition) is 1. The Morgan fingerprint density at radius 1 is 1.24 bits per heavy atom. The molecule has 2 fully saturated rings. The van der Waals surface area contributed by atoms with Crippen molar-refractivity contribution in [2.45, 2.75) is 78.2 Å². The number of hydrogen-bond acceptors (Lipinski definition) is 1. The molecule has 2 aliphatic rings. The number of rotatable bonds is 4. The zero-order valence-electron chi connectivity index (χ0n) is 11.9. The smallest absolute Gasteiger partial charge is 0.0573 e. The lowest BCUT2D eigenvalue weighted by molar-refractivity contribution is -0.0298. The van der Waals surface area contributed by atoms with E-state index in [9.17, 15) is 5.11 Å². The number of aliphatic hydroxyl groups excluding tert-OH is 1. The van der Waals surface area contributed by atoms with Gasteiger partial charge < -0.3 is 5.11 Å². The molecule has 0 aromatic heterocycles. The molecule has 5 atom stereocenters. The summed E-state index contributed by atoms with van der Waals surface area (Å²) in [6, 6.07) is 0. The van der Waals surface area contributed by atoms with Crippen LogP contribution in [0.3, 0.4) is 0 Å². The third-order valence-corrected chi connectivity index (χ3v) is 5.92. The van der Waals surface area contributed by atoms with Gasteiger partial charge in [-0.25, -0.2) is 0 Å². The summed E-state index contributed by atoms with van der Waals surface area (Å²) in [6.45, 7) is 7.15. The van der Waals surface area contributed by atoms with Crippen molar-refractivity contribution in [3.8, 4) is 0 Å². The zero-order chi connectivity index (χ0) is 12.5. The van der Waals surface area contributed by atoms with Crippen molar-refractivity contribution in [1.82, 2.24) is 0 Å². The Morgan fingerprint density at radius 2 is 2.00 bits per heavy atom. The average molecular weight is 238 g/mol. The van der Waals surface area contributed by atoms with Gasteiger partial charge in [0.05, 0.1) is 6.10 Å². The van der Waals surface area contributed by atoms with Gasteiger partial charge in [-0.1, -0.05) is 46.5 Å². The predicted octanol–water partition coefficient (Wildman–Crippen LogP) is 4.39. The lowest BCUT2D eigenvalue weighted by Crippen LogP contribution is -2.41. The zero-order valence-corrected chi connectivity index (χ0v) is 11.9. The van der Waals surface area contributed by atoms with Gasteiger partial charge in [0.15, 0.2) is 0 Å². The van der Waals surface area contributed by atoms with E-state index in [-0.39, 0.29) is 6.10 Å². The van der Waals surface area contributed by atoms with Crippen molar-refractivity contribution >= 4 is 0 Å². The lowest BCUT2D eigenvalue weighted by atomic mass is 9.61. The minimum absolute atomic E-state index is 0.00196. The largest absolute Gasteiger partial charge is 0.393 e. The fraction of sp³-hybridized carbons (Fsp3) is 1.00. The molecular weight excluding hydrogens is 208 g/mol. The molecule has 2 rings (SSSR count). The van der Waals surface area contributed by atoms with Crippen molar-refractivity contribution in [3.05, 3.63) is 0 Å². The van der Waals surface area contributed by atoms with Crippen LogP contribution < -0.4 is 0 Å². The van der Waals surface area contributed by atoms with Gasteiger partial charge in [-0.3, -0.25) is 0 Å². The second kappa shape index (κ2) is 5.30. The molecule has 0 amide bonds. The van der Waals surface area contributed by atoms with Crippen molar-refractivity contribution in [1.29, 1.82) is 0 Å². The first kappa shape index (κ1) is 13.4. The van der Waals surface area contributed by atoms with Crippen LogP contribution in [0.4, 0.5) is 0 Å². The fourth-order valence-electron chi connectivity index (χ4n) is 5.02. The summed E-state index contributed by atoms with van der Waals surface area (Å²) in [5.74, 6) is 2.39. The lowest BCUT2D eigenvalue weighted by Gasteiger charge is -2.45. The van der Waals surface area contributed by atoms with Gasteiger partial charge in [0.1, 0.15) is 0 Å². The van der Waals surface area contributed by atoms with Gasteiger partial charge in [-0.15, -0.1) is 0 Å². The van der Waals surface area contributed by atoms with E-state index in [1.807, 2.05) is 0 Å². The summed E-state index contributed by atoms with van der Waals surface area (Å²) < 4.78 is 0. The van der Waals surface area contributed by atoms with Gasteiger partial charge in [-0.2, -0.15) is 0 Å². The Labute approximate surface area is 107 Å². The summed E-state index contributed by atoms with van der Waals surface area (Å²) in [5, 5.41) is 10.2. The molecule has 0 spiro atoms. The molecule has 0 unspecified atom stereocenters. The Morgan fingerprint density at radius 3 is 2.65 bits per heavy atom. The van der Waals surface area contributed by atoms with Gasteiger partial charge >= 0.3 is 0 Å². The first-order valence-electron chi connectivity index (χ1n) is 7.81. The van der Waals surface area contributed by atoms with Gasteiger partial charge in [0.2, 0.25) is 0 Å². The molecule has 0 aliphatic heterocycles. The third kappa shape index (κ3) is 2.28. The highest BCUT2D eigenvalue weighted by atomic mass is 16.3. The molecule has 17 heavy (non-hydrogen) atoms. The van der Waals surface area contributed by atoms with E-state index >= 15 is 0 Å². The van der Waals surface area contributed by atoms with E-state index in [1.165, 1.54) is 44.9 Å². The van der Waals surface area contributed by atoms with E-state index in [0.717, 1.165) is 18.3 Å². The van der Waals surface area contributed by atoms with Crippen LogP contribution >= 0.6 is 0 Å². The highest BCUT2D eigenvalue weighted by Gasteiger charge is 2.52. The number of fused-ring (bicyclic) bond motifs is 1. The van der Waals surface area contributed by atoms with Crippen molar-refractivity contribution in [2.75, 3.05) is 0 Å². The van der Waals surface area contributed by atoms with Crippen molar-refractivity contribution < 1.29 is 5.11 Å². The topological polar surface area (TPSA) is 20.2 Å². The predicted molar refractivity (Wildman–Crippen MR) is 72.9 cm³/mol. The van der Waals surface area contributed by atoms with E-state index in [4.69, 9.17) is 0 Å². The Kier molecular flexibility index (Phi) is 4.18. The van der Waals surface area contributed by atoms with Crippen LogP contribution in [0.1, 0.15) is 72.1 Å². The van der Waals surface area contributed by atoms with Crippen LogP contribution in [0.5, 0.6) is 0 Å². The van der Waals surface area contributed by atoms with E-state index < -0.39 is 0 Å². The minimum atomic E-state index is -0.00196. The molecule has 0 aromatic carbocycles. The quantitative estimate of drug-likeness (QED) is 0.770. The standard InChI is InChI=1S/C16H30O/c1-4-7-12(5-2)13-9-10-14-15(17)8-6-11-16(13,14)3/h12-15,17H,4-11H2,1-3H3/t12-,13+,14-,15-,16+/m0/s1. The molecular formula is C16H30O. The van der Waals surface area contributed by atoms with Crippen LogP contribution in [-0.4, -0.2) is 11.2 Å². The minimum Gasteiger partial charge on any atom is -0.393 e. The second-order valence-corrected chi connectivity index (χ2v) is 6.71. The first-order valence-corrected chi connectivity index (χ1v) is 7.81. The normalized spacial score (nSPS) is 43.4. The average Bonchev–Trinajstić information content (AvgIpc) is 2.65. The summed E-state index contributed by atoms with van der Waals surface area (Å²) in [7, 11) is 0. The summed E-state index contributed by atoms with van der Waals surface area (Å²) in [5.41, 5.74) is 0.452. The highest BCUT2D eigenvalue weighted by molar-refractivity contribution is 5.01. The van der Waals surface area contributed by atoms with E-state index in [0.29, 0.717) is 11.3 Å². The van der Waals surface area contributed by atoms with Crippen LogP contribution in [0.15, 0.2) is 0 Å². The molecule has 0 radical (unpaired) electrons. The molecule has 0 bridgehead atoms. The van der Waals surface area contributed by atoms with E-state index in [2.05, 4.69) is 20.8 Å². The monoisotopic (exact) mass is 238 g/mol. The number of aliphatic hydroxyl groups is 1. The van der Waals surface area contributed by atoms with Gasteiger partial charge in [-0.05, 0) is 48.9 Å². The van der Waals surface area contributed by atoms with Crippen molar-refractivity contribution in [2.24, 2.45) is 23.2 Å². The molecule has 2 aliphatic carbocycles. The van der Waals surface area contributed by atoms with E-state index in [1.54, 1.807) is 0 Å². The summed E-state index contributed by atoms with van der Waals surface area (Å²) >= 11 is 0. The molecule has 0 aromatic rings. The molecule has 1 heteroatoms. The first-order chi connectivity index (χ1) is 8.13. The molecule has 0 heterocycles. The van der Waals surface area contributed by atoms with Gasteiger partial charge in [0, 0.05) is 0 Å². The highest BCUT2D eigenvalue weighted by Crippen LogP contribution is 2.58. The Balaban J connectivity index is 2.14. The summed E-state index contributed by atoms with van der Waals surface area (Å²) in [4.78, 5) is 0. The van der Waals surface area contributed by atoms with Crippen LogP contribution in [0, 0.1) is 23.2 Å². The Bertz CT molecular complexity index is 250. The molecule has 100 valence electrons. The van der Waals surface area contributed by atoms with Crippen LogP contribution in [0.2, 0.25) is 0 Å². The molecule has 1 N–H and O–H groups in total. The Hall–Kier alpha value is -0.0400. The maximum Gasteiger partial charge on any atom is 0.0573 e.